The summed E-state index contributed by atoms with van der Waals surface area (Å²) in [5, 5.41) is 32.1. The molecule has 12 N–H and O–H groups in total. The summed E-state index contributed by atoms with van der Waals surface area (Å²) in [5.41, 5.74) is -2.43. The zero-order valence-corrected chi connectivity index (χ0v) is 81.4. The third-order valence-corrected chi connectivity index (χ3v) is 16.2. The molecule has 3 atom stereocenters. The Morgan fingerprint density at radius 3 is 0.619 bits per heavy atom. The van der Waals surface area contributed by atoms with E-state index < -0.39 is 100 Å². The predicted molar refractivity (Wildman–Crippen MR) is 481 cm³/mol. The van der Waals surface area contributed by atoms with Gasteiger partial charge >= 0.3 is 30.3 Å². The fourth-order valence-electron chi connectivity index (χ4n) is 10.3. The minimum absolute atomic E-state index is 0.0429. The fourth-order valence-corrected chi connectivity index (χ4v) is 10.3. The van der Waals surface area contributed by atoms with Crippen molar-refractivity contribution in [2.45, 2.75) is 175 Å². The molecule has 0 fully saturated rings. The third-order valence-electron chi connectivity index (χ3n) is 16.2. The molecule has 0 saturated heterocycles. The summed E-state index contributed by atoms with van der Waals surface area (Å²) in [4.78, 5) is 162. The molecule has 0 bridgehead atoms. The first-order valence-corrected chi connectivity index (χ1v) is 45.6. The maximum atomic E-state index is 13.4. The lowest BCUT2D eigenvalue weighted by Gasteiger charge is -2.19. The molecule has 0 spiro atoms. The molecule has 0 aliphatic carbocycles. The molecule has 0 aromatic rings. The number of alkyl carbamates (subject to hydrolysis) is 4. The van der Waals surface area contributed by atoms with Crippen LogP contribution in [-0.2, 0) is 152 Å². The van der Waals surface area contributed by atoms with Crippen molar-refractivity contribution in [1.29, 1.82) is 0 Å². The van der Waals surface area contributed by atoms with E-state index in [4.69, 9.17) is 109 Å². The van der Waals surface area contributed by atoms with Crippen LogP contribution in [0, 0.1) is 0 Å². The molecular weight excluding hydrogens is 1780 g/mol. The number of amides is 12. The normalized spacial score (nSPS) is 12.2. The van der Waals surface area contributed by atoms with E-state index in [9.17, 15) is 62.3 Å². The van der Waals surface area contributed by atoms with Crippen LogP contribution >= 0.6 is 0 Å². The zero-order valence-electron chi connectivity index (χ0n) is 81.4. The quantitative estimate of drug-likeness (QED) is 0.0211. The van der Waals surface area contributed by atoms with Gasteiger partial charge in [0.25, 0.3) is 0 Å². The second-order valence-electron chi connectivity index (χ2n) is 33.0. The molecule has 0 radical (unpaired) electrons. The minimum Gasteiger partial charge on any atom is -0.467 e. The average Bonchev–Trinajstić information content (AvgIpc) is 0.913. The first-order valence-electron chi connectivity index (χ1n) is 45.6. The van der Waals surface area contributed by atoms with Crippen LogP contribution in [0.1, 0.15) is 134 Å². The first kappa shape index (κ1) is 126. The van der Waals surface area contributed by atoms with Crippen LogP contribution in [0.25, 0.3) is 0 Å². The summed E-state index contributed by atoms with van der Waals surface area (Å²) in [6, 6.07) is -2.89. The Labute approximate surface area is 788 Å². The van der Waals surface area contributed by atoms with Gasteiger partial charge in [-0.2, -0.15) is 0 Å². The van der Waals surface area contributed by atoms with Crippen molar-refractivity contribution in [3.63, 3.8) is 0 Å². The van der Waals surface area contributed by atoms with E-state index in [1.54, 1.807) is 83.1 Å². The van der Waals surface area contributed by atoms with Crippen molar-refractivity contribution < 1.29 is 171 Å². The summed E-state index contributed by atoms with van der Waals surface area (Å²) in [6.45, 7) is 27.2. The number of ether oxygens (including phenoxy) is 23. The number of esters is 1. The zero-order chi connectivity index (χ0) is 99.5. The summed E-state index contributed by atoms with van der Waals surface area (Å²) < 4.78 is 124. The number of hydrogen-bond donors (Lipinski definition) is 12. The summed E-state index contributed by atoms with van der Waals surface area (Å²) in [5.74, 6) is -4.36. The van der Waals surface area contributed by atoms with Crippen LogP contribution in [0.15, 0.2) is 0 Å². The highest BCUT2D eigenvalue weighted by Crippen LogP contribution is 2.11. The predicted octanol–water partition coefficient (Wildman–Crippen LogP) is -0.287. The lowest BCUT2D eigenvalue weighted by Crippen LogP contribution is -2.48. The van der Waals surface area contributed by atoms with Gasteiger partial charge in [-0.25, -0.2) is 24.0 Å². The van der Waals surface area contributed by atoms with Gasteiger partial charge in [-0.15, -0.1) is 0 Å². The van der Waals surface area contributed by atoms with Crippen molar-refractivity contribution >= 4 is 77.6 Å². The number of hydrogen-bond acceptors (Lipinski definition) is 36. The molecule has 0 aromatic carbocycles. The lowest BCUT2D eigenvalue weighted by atomic mass is 10.1. The molecule has 134 heavy (non-hydrogen) atoms. The largest absolute Gasteiger partial charge is 0.467 e. The van der Waals surface area contributed by atoms with Crippen LogP contribution in [0.2, 0.25) is 0 Å². The van der Waals surface area contributed by atoms with Crippen molar-refractivity contribution in [1.82, 2.24) is 63.8 Å². The van der Waals surface area contributed by atoms with E-state index >= 15 is 0 Å². The molecular formula is C86H160N12O36. The van der Waals surface area contributed by atoms with E-state index in [2.05, 4.69) is 63.8 Å². The second-order valence-corrected chi connectivity index (χ2v) is 33.0. The molecule has 0 saturated carbocycles. The molecule has 0 aromatic heterocycles. The van der Waals surface area contributed by atoms with Gasteiger partial charge in [0.2, 0.25) is 47.3 Å². The topological polar surface area (TPSA) is 579 Å². The van der Waals surface area contributed by atoms with E-state index in [-0.39, 0.29) is 327 Å². The summed E-state index contributed by atoms with van der Waals surface area (Å²) in [6.07, 6.45) is 0.629. The Bertz CT molecular complexity index is 3110. The monoisotopic (exact) mass is 1940 g/mol. The van der Waals surface area contributed by atoms with Crippen molar-refractivity contribution in [2.75, 3.05) is 304 Å². The van der Waals surface area contributed by atoms with Gasteiger partial charge in [0, 0.05) is 58.9 Å². The van der Waals surface area contributed by atoms with Gasteiger partial charge in [-0.05, 0) is 134 Å². The lowest BCUT2D eigenvalue weighted by molar-refractivity contribution is -0.146. The van der Waals surface area contributed by atoms with Gasteiger partial charge < -0.3 is 173 Å². The van der Waals surface area contributed by atoms with E-state index in [0.717, 1.165) is 0 Å². The SMILES string of the molecule is COC(=O)C(CCCCNC(=O)COCCOCCOCCNC(=O)C(CCCNC(=O)COCCOCCOCCNC(=O)OC(C)(C)C)NC(=O)COCCOCCOCCNC(=O)OC(C)(C)C)NC(=O)COCCOCCOCCNC(=O)C(CCCCNC(=O)COCCOCCOCCNC(=O)OC(C)(C)C)NC(=O)COCCOCCOCCNC(=O)OC(C)(C)C. The number of carbonyl (C=O) groups excluding carboxylic acids is 13. The van der Waals surface area contributed by atoms with Gasteiger partial charge in [0.1, 0.15) is 80.2 Å². The second kappa shape index (κ2) is 82.8. The number of methoxy groups -OCH3 is 1. The van der Waals surface area contributed by atoms with Crippen LogP contribution in [-0.4, -0.2) is 422 Å². The van der Waals surface area contributed by atoms with Crippen molar-refractivity contribution in [2.24, 2.45) is 0 Å². The smallest absolute Gasteiger partial charge is 0.407 e. The van der Waals surface area contributed by atoms with Gasteiger partial charge in [-0.3, -0.25) is 38.4 Å². The maximum Gasteiger partial charge on any atom is 0.407 e. The Morgan fingerprint density at radius 1 is 0.201 bits per heavy atom. The minimum atomic E-state index is -0.984. The maximum absolute atomic E-state index is 13.4. The van der Waals surface area contributed by atoms with E-state index in [1.165, 1.54) is 7.11 Å². The number of carbonyl (C=O) groups is 13. The first-order chi connectivity index (χ1) is 64.0. The van der Waals surface area contributed by atoms with E-state index in [1.807, 2.05) is 0 Å². The Morgan fingerprint density at radius 2 is 0.388 bits per heavy atom. The molecule has 48 nitrogen and oxygen atoms in total. The van der Waals surface area contributed by atoms with Crippen molar-refractivity contribution in [3.8, 4) is 0 Å². The molecule has 0 heterocycles. The summed E-state index contributed by atoms with van der Waals surface area (Å²) in [7, 11) is 1.20. The molecule has 780 valence electrons. The highest BCUT2D eigenvalue weighted by Gasteiger charge is 2.26. The molecule has 48 heteroatoms. The Kier molecular flexibility index (Phi) is 77.6. The highest BCUT2D eigenvalue weighted by atomic mass is 16.6. The third kappa shape index (κ3) is 88.8. The number of nitrogens with one attached hydrogen (secondary N) is 12. The highest BCUT2D eigenvalue weighted by molar-refractivity contribution is 5.89. The molecule has 12 amide bonds. The average molecular weight is 1940 g/mol. The molecule has 0 aliphatic heterocycles. The van der Waals surface area contributed by atoms with Gasteiger partial charge in [0.05, 0.1) is 205 Å². The summed E-state index contributed by atoms with van der Waals surface area (Å²) >= 11 is 0. The van der Waals surface area contributed by atoms with Crippen LogP contribution in [0.5, 0.6) is 0 Å². The standard InChI is InChI=1S/C86H160N12O36/c1-83(2,3)131-79(108)92-27-33-115-39-45-120-50-56-125-61-70(99)87-22-16-14-19-67(96-73(102)64-128-58-52-123-47-41-117-35-29-94-81(110)133-85(7,8)9)76(105)90-25-31-113-38-44-122-54-60-130-66-75(104)98-69(78(107)112-13)20-15-17-23-88-71(100)62-126-55-49-119-43-37-114-32-26-91-77(106)68(97-74(103)65-129-59-53-124-48-42-118-36-30-95-82(111)134-86(10,11)12)21-18-24-89-72(101)63-127-57-51-121-46-40-116-34-28-93-80(109)132-84(4,5)6/h67-69H,14-66H2,1-13H3,(H,87,99)(H,88,100)(H,89,101)(H,90,105)(H,91,106)(H,92,108)(H,93,109)(H,94,110)(H,95,111)(H,96,102)(H,97,103)(H,98,104). The van der Waals surface area contributed by atoms with Gasteiger partial charge in [-0.1, -0.05) is 0 Å². The number of unbranched alkanes of at least 4 members (excludes halogenated alkanes) is 2. The van der Waals surface area contributed by atoms with Crippen molar-refractivity contribution in [3.05, 3.63) is 0 Å². The van der Waals surface area contributed by atoms with E-state index in [0.29, 0.717) is 38.7 Å². The molecule has 3 unspecified atom stereocenters. The molecule has 0 aliphatic rings. The van der Waals surface area contributed by atoms with Crippen LogP contribution in [0.3, 0.4) is 0 Å². The van der Waals surface area contributed by atoms with Gasteiger partial charge in [0.15, 0.2) is 0 Å². The Balaban J connectivity index is 4.71. The van der Waals surface area contributed by atoms with Crippen LogP contribution in [0.4, 0.5) is 19.2 Å². The van der Waals surface area contributed by atoms with Crippen LogP contribution < -0.4 is 63.8 Å². The Hall–Kier alpha value is -8.41. The fraction of sp³-hybridized carbons (Fsp3) is 0.849. The molecule has 0 rings (SSSR count). The number of rotatable bonds is 86.